The highest BCUT2D eigenvalue weighted by molar-refractivity contribution is 6.30. The molecule has 0 radical (unpaired) electrons. The van der Waals surface area contributed by atoms with Gasteiger partial charge in [-0.15, -0.1) is 0 Å². The van der Waals surface area contributed by atoms with Gasteiger partial charge in [-0.1, -0.05) is 69.2 Å². The smallest absolute Gasteiger partial charge is 0.104 e. The van der Waals surface area contributed by atoms with Gasteiger partial charge in [0.05, 0.1) is 20.6 Å². The van der Waals surface area contributed by atoms with Gasteiger partial charge in [-0.05, 0) is 25.0 Å². The van der Waals surface area contributed by atoms with Crippen molar-refractivity contribution >= 4 is 11.6 Å². The molecule has 1 nitrogen and oxygen atoms in total. The molecule has 0 spiro atoms. The number of nitrogens with zero attached hydrogens (tertiary/aromatic N) is 1. The van der Waals surface area contributed by atoms with Crippen LogP contribution in [0.3, 0.4) is 0 Å². The third kappa shape index (κ3) is 9.16. The van der Waals surface area contributed by atoms with E-state index in [4.69, 9.17) is 11.6 Å². The van der Waals surface area contributed by atoms with Crippen molar-refractivity contribution in [2.45, 2.75) is 64.8 Å². The summed E-state index contributed by atoms with van der Waals surface area (Å²) >= 11 is 5.94. The van der Waals surface area contributed by atoms with E-state index in [0.29, 0.717) is 0 Å². The monoisotopic (exact) mass is 310 g/mol. The maximum atomic E-state index is 5.94. The van der Waals surface area contributed by atoms with Crippen LogP contribution in [0.2, 0.25) is 5.02 Å². The van der Waals surface area contributed by atoms with Gasteiger partial charge in [0.2, 0.25) is 0 Å². The quantitative estimate of drug-likeness (QED) is 0.344. The van der Waals surface area contributed by atoms with Crippen molar-refractivity contribution in [1.82, 2.24) is 0 Å². The number of unbranched alkanes of at least 4 members (excludes halogenated alkanes) is 7. The van der Waals surface area contributed by atoms with Crippen LogP contribution in [0.15, 0.2) is 24.3 Å². The lowest BCUT2D eigenvalue weighted by Crippen LogP contribution is -2.39. The van der Waals surface area contributed by atoms with Crippen LogP contribution in [0, 0.1) is 0 Å². The van der Waals surface area contributed by atoms with Gasteiger partial charge in [-0.25, -0.2) is 0 Å². The minimum absolute atomic E-state index is 0.826. The summed E-state index contributed by atoms with van der Waals surface area (Å²) in [6.07, 6.45) is 11.2. The molecule has 2 heteroatoms. The van der Waals surface area contributed by atoms with Crippen molar-refractivity contribution in [1.29, 1.82) is 0 Å². The van der Waals surface area contributed by atoms with Crippen LogP contribution in [-0.2, 0) is 6.54 Å². The lowest BCUT2D eigenvalue weighted by atomic mass is 10.1. The lowest BCUT2D eigenvalue weighted by molar-refractivity contribution is -0.903. The van der Waals surface area contributed by atoms with Crippen molar-refractivity contribution in [3.8, 4) is 0 Å². The molecule has 0 saturated carbocycles. The van der Waals surface area contributed by atoms with E-state index in [1.807, 2.05) is 12.1 Å². The molecule has 0 aliphatic rings. The fourth-order valence-electron chi connectivity index (χ4n) is 2.84. The fourth-order valence-corrected chi connectivity index (χ4v) is 2.96. The predicted octanol–water partition coefficient (Wildman–Crippen LogP) is 6.06. The molecule has 0 aromatic heterocycles. The summed E-state index contributed by atoms with van der Waals surface area (Å²) in [4.78, 5) is 0. The summed E-state index contributed by atoms with van der Waals surface area (Å²) in [7, 11) is 4.66. The number of rotatable bonds is 11. The van der Waals surface area contributed by atoms with Gasteiger partial charge in [0.1, 0.15) is 6.54 Å². The average Bonchev–Trinajstić information content (AvgIpc) is 2.44. The summed E-state index contributed by atoms with van der Waals surface area (Å²) < 4.78 is 1.07. The highest BCUT2D eigenvalue weighted by Gasteiger charge is 2.15. The second kappa shape index (κ2) is 10.2. The van der Waals surface area contributed by atoms with Gasteiger partial charge in [-0.2, -0.15) is 0 Å². The molecule has 0 saturated heterocycles. The molecule has 1 rings (SSSR count). The molecule has 0 aliphatic carbocycles. The van der Waals surface area contributed by atoms with Crippen LogP contribution in [0.1, 0.15) is 63.9 Å². The topological polar surface area (TPSA) is 0 Å². The Hall–Kier alpha value is -0.530. The van der Waals surface area contributed by atoms with Crippen LogP contribution in [0.25, 0.3) is 0 Å². The number of halogens is 1. The zero-order chi connectivity index (χ0) is 15.6. The molecule has 0 unspecified atom stereocenters. The summed E-state index contributed by atoms with van der Waals surface area (Å²) in [5.74, 6) is 0. The first-order chi connectivity index (χ1) is 10.0. The molecule has 1 aromatic carbocycles. The van der Waals surface area contributed by atoms with E-state index in [-0.39, 0.29) is 0 Å². The zero-order valence-corrected chi connectivity index (χ0v) is 15.0. The molecule has 0 bridgehead atoms. The molecule has 0 fully saturated rings. The van der Waals surface area contributed by atoms with Crippen LogP contribution >= 0.6 is 11.6 Å². The van der Waals surface area contributed by atoms with Crippen molar-refractivity contribution in [2.75, 3.05) is 20.6 Å². The van der Waals surface area contributed by atoms with E-state index in [2.05, 4.69) is 33.2 Å². The Balaban J connectivity index is 2.13. The maximum absolute atomic E-state index is 5.94. The molecular weight excluding hydrogens is 278 g/mol. The van der Waals surface area contributed by atoms with Crippen LogP contribution < -0.4 is 0 Å². The van der Waals surface area contributed by atoms with Gasteiger partial charge in [-0.3, -0.25) is 0 Å². The van der Waals surface area contributed by atoms with E-state index >= 15 is 0 Å². The summed E-state index contributed by atoms with van der Waals surface area (Å²) in [6.45, 7) is 4.63. The molecule has 0 aliphatic heterocycles. The summed E-state index contributed by atoms with van der Waals surface area (Å²) in [5, 5.41) is 0.826. The van der Waals surface area contributed by atoms with Crippen LogP contribution in [-0.4, -0.2) is 25.1 Å². The Morgan fingerprint density at radius 1 is 0.810 bits per heavy atom. The van der Waals surface area contributed by atoms with E-state index in [0.717, 1.165) is 16.1 Å². The highest BCUT2D eigenvalue weighted by atomic mass is 35.5. The first-order valence-corrected chi connectivity index (χ1v) is 8.98. The summed E-state index contributed by atoms with van der Waals surface area (Å²) in [6, 6.07) is 8.28. The number of quaternary nitrogens is 1. The normalized spacial score (nSPS) is 11.8. The third-order valence-corrected chi connectivity index (χ3v) is 4.39. The van der Waals surface area contributed by atoms with Gasteiger partial charge in [0.25, 0.3) is 0 Å². The summed E-state index contributed by atoms with van der Waals surface area (Å²) in [5.41, 5.74) is 1.38. The molecule has 0 N–H and O–H groups in total. The Labute approximate surface area is 136 Å². The largest absolute Gasteiger partial charge is 0.325 e. The van der Waals surface area contributed by atoms with Crippen LogP contribution in [0.5, 0.6) is 0 Å². The van der Waals surface area contributed by atoms with Crippen molar-refractivity contribution in [3.63, 3.8) is 0 Å². The fraction of sp³-hybridized carbons (Fsp3) is 0.684. The Morgan fingerprint density at radius 2 is 1.33 bits per heavy atom. The minimum Gasteiger partial charge on any atom is -0.325 e. The van der Waals surface area contributed by atoms with Gasteiger partial charge in [0, 0.05) is 10.6 Å². The molecular formula is C19H33ClN+. The molecule has 1 aromatic rings. The minimum atomic E-state index is 0.826. The van der Waals surface area contributed by atoms with Gasteiger partial charge in [0.15, 0.2) is 0 Å². The van der Waals surface area contributed by atoms with Gasteiger partial charge < -0.3 is 4.48 Å². The second-order valence-electron chi connectivity index (χ2n) is 6.92. The predicted molar refractivity (Wildman–Crippen MR) is 94.7 cm³/mol. The Morgan fingerprint density at radius 3 is 1.90 bits per heavy atom. The number of hydrogen-bond donors (Lipinski definition) is 0. The average molecular weight is 311 g/mol. The van der Waals surface area contributed by atoms with E-state index in [9.17, 15) is 0 Å². The van der Waals surface area contributed by atoms with Crippen LogP contribution in [0.4, 0.5) is 0 Å². The number of benzene rings is 1. The van der Waals surface area contributed by atoms with E-state index < -0.39 is 0 Å². The molecule has 0 heterocycles. The number of hydrogen-bond acceptors (Lipinski definition) is 0. The second-order valence-corrected chi connectivity index (χ2v) is 7.36. The molecule has 0 amide bonds. The standard InChI is InChI=1S/C19H33ClN/c1-4-5-6-7-8-9-10-11-16-21(2,3)17-18-12-14-19(20)15-13-18/h12-15H,4-11,16-17H2,1-3H3/q+1. The lowest BCUT2D eigenvalue weighted by Gasteiger charge is -2.30. The van der Waals surface area contributed by atoms with Crippen molar-refractivity contribution < 1.29 is 4.48 Å². The first kappa shape index (κ1) is 18.5. The van der Waals surface area contributed by atoms with E-state index in [1.54, 1.807) is 0 Å². The highest BCUT2D eigenvalue weighted by Crippen LogP contribution is 2.15. The van der Waals surface area contributed by atoms with Crippen molar-refractivity contribution in [3.05, 3.63) is 34.9 Å². The first-order valence-electron chi connectivity index (χ1n) is 8.60. The van der Waals surface area contributed by atoms with Gasteiger partial charge >= 0.3 is 0 Å². The van der Waals surface area contributed by atoms with Crippen molar-refractivity contribution in [2.24, 2.45) is 0 Å². The zero-order valence-electron chi connectivity index (χ0n) is 14.2. The Bertz CT molecular complexity index is 370. The third-order valence-electron chi connectivity index (χ3n) is 4.14. The molecule has 120 valence electrons. The molecule has 21 heavy (non-hydrogen) atoms. The van der Waals surface area contributed by atoms with E-state index in [1.165, 1.54) is 63.5 Å². The SMILES string of the molecule is CCCCCCCCCC[N+](C)(C)Cc1ccc(Cl)cc1. The maximum Gasteiger partial charge on any atom is 0.104 e. The molecule has 0 atom stereocenters. The Kier molecular flexibility index (Phi) is 9.03.